The summed E-state index contributed by atoms with van der Waals surface area (Å²) in [5.41, 5.74) is 0.825. The monoisotopic (exact) mass is 312 g/mol. The third-order valence-corrected chi connectivity index (χ3v) is 5.35. The molecule has 0 amide bonds. The van der Waals surface area contributed by atoms with Gasteiger partial charge in [-0.25, -0.2) is 4.39 Å². The van der Waals surface area contributed by atoms with E-state index in [4.69, 9.17) is 0 Å². The van der Waals surface area contributed by atoms with Crippen LogP contribution in [-0.2, 0) is 0 Å². The highest BCUT2D eigenvalue weighted by molar-refractivity contribution is 9.10. The molecule has 4 unspecified atom stereocenters. The number of aliphatic hydroxyl groups excluding tert-OH is 1. The van der Waals surface area contributed by atoms with Crippen molar-refractivity contribution in [3.05, 3.63) is 34.1 Å². The minimum absolute atomic E-state index is 0.272. The molecule has 1 aromatic rings. The molecule has 98 valence electrons. The molecule has 18 heavy (non-hydrogen) atoms. The quantitative estimate of drug-likeness (QED) is 0.874. The van der Waals surface area contributed by atoms with Crippen molar-refractivity contribution in [3.63, 3.8) is 0 Å². The SMILES string of the molecule is OC(CC1CC2CCC1C2)c1ccc(F)c(Br)c1. The lowest BCUT2D eigenvalue weighted by molar-refractivity contribution is 0.125. The van der Waals surface area contributed by atoms with Gasteiger partial charge in [0.25, 0.3) is 0 Å². The van der Waals surface area contributed by atoms with Crippen molar-refractivity contribution in [3.8, 4) is 0 Å². The van der Waals surface area contributed by atoms with Gasteiger partial charge in [0.05, 0.1) is 10.6 Å². The van der Waals surface area contributed by atoms with Gasteiger partial charge in [0.2, 0.25) is 0 Å². The van der Waals surface area contributed by atoms with Crippen LogP contribution in [-0.4, -0.2) is 5.11 Å². The molecule has 2 saturated carbocycles. The Bertz CT molecular complexity index is 448. The fraction of sp³-hybridized carbons (Fsp3) is 0.600. The van der Waals surface area contributed by atoms with E-state index in [9.17, 15) is 9.50 Å². The van der Waals surface area contributed by atoms with Crippen LogP contribution in [0.25, 0.3) is 0 Å². The molecule has 2 aliphatic carbocycles. The summed E-state index contributed by atoms with van der Waals surface area (Å²) in [6, 6.07) is 4.81. The Balaban J connectivity index is 1.67. The molecule has 0 radical (unpaired) electrons. The Morgan fingerprint density at radius 1 is 1.33 bits per heavy atom. The van der Waals surface area contributed by atoms with E-state index in [-0.39, 0.29) is 5.82 Å². The molecule has 0 aliphatic heterocycles. The zero-order valence-corrected chi connectivity index (χ0v) is 11.9. The maximum Gasteiger partial charge on any atom is 0.137 e. The first-order valence-corrected chi connectivity index (χ1v) is 7.56. The lowest BCUT2D eigenvalue weighted by Gasteiger charge is -2.24. The maximum atomic E-state index is 13.2. The number of hydrogen-bond donors (Lipinski definition) is 1. The number of aliphatic hydroxyl groups is 1. The molecule has 1 aromatic carbocycles. The molecule has 1 nitrogen and oxygen atoms in total. The topological polar surface area (TPSA) is 20.2 Å². The van der Waals surface area contributed by atoms with Crippen molar-refractivity contribution in [2.75, 3.05) is 0 Å². The Kier molecular flexibility index (Phi) is 3.46. The lowest BCUT2D eigenvalue weighted by atomic mass is 9.83. The number of benzene rings is 1. The Morgan fingerprint density at radius 3 is 2.78 bits per heavy atom. The summed E-state index contributed by atoms with van der Waals surface area (Å²) >= 11 is 3.17. The third kappa shape index (κ3) is 2.35. The summed E-state index contributed by atoms with van der Waals surface area (Å²) in [5.74, 6) is 2.13. The van der Waals surface area contributed by atoms with Crippen molar-refractivity contribution in [2.24, 2.45) is 17.8 Å². The van der Waals surface area contributed by atoms with Gasteiger partial charge in [-0.15, -0.1) is 0 Å². The van der Waals surface area contributed by atoms with Gasteiger partial charge in [0, 0.05) is 0 Å². The van der Waals surface area contributed by atoms with E-state index in [0.29, 0.717) is 10.4 Å². The molecule has 2 bridgehead atoms. The van der Waals surface area contributed by atoms with Gasteiger partial charge >= 0.3 is 0 Å². The highest BCUT2D eigenvalue weighted by Crippen LogP contribution is 2.50. The van der Waals surface area contributed by atoms with Crippen LogP contribution in [0.4, 0.5) is 4.39 Å². The molecule has 0 aromatic heterocycles. The van der Waals surface area contributed by atoms with E-state index < -0.39 is 6.10 Å². The second-order valence-electron chi connectivity index (χ2n) is 5.86. The van der Waals surface area contributed by atoms with Crippen LogP contribution in [0.15, 0.2) is 22.7 Å². The van der Waals surface area contributed by atoms with Gasteiger partial charge in [-0.05, 0) is 77.1 Å². The van der Waals surface area contributed by atoms with Gasteiger partial charge < -0.3 is 5.11 Å². The fourth-order valence-corrected chi connectivity index (χ4v) is 4.20. The molecular weight excluding hydrogens is 295 g/mol. The second kappa shape index (κ2) is 4.93. The van der Waals surface area contributed by atoms with Gasteiger partial charge in [-0.2, -0.15) is 0 Å². The van der Waals surface area contributed by atoms with Crippen LogP contribution in [0.3, 0.4) is 0 Å². The van der Waals surface area contributed by atoms with E-state index in [1.807, 2.05) is 0 Å². The third-order valence-electron chi connectivity index (χ3n) is 4.74. The van der Waals surface area contributed by atoms with Crippen molar-refractivity contribution < 1.29 is 9.50 Å². The Morgan fingerprint density at radius 2 is 2.17 bits per heavy atom. The molecule has 0 spiro atoms. The summed E-state index contributed by atoms with van der Waals surface area (Å²) < 4.78 is 13.6. The van der Waals surface area contributed by atoms with Crippen LogP contribution in [0.1, 0.15) is 43.8 Å². The summed E-state index contributed by atoms with van der Waals surface area (Å²) in [4.78, 5) is 0. The van der Waals surface area contributed by atoms with Gasteiger partial charge in [-0.1, -0.05) is 12.5 Å². The first kappa shape index (κ1) is 12.6. The maximum absolute atomic E-state index is 13.2. The average molecular weight is 313 g/mol. The zero-order valence-electron chi connectivity index (χ0n) is 10.3. The van der Waals surface area contributed by atoms with Gasteiger partial charge in [0.15, 0.2) is 0 Å². The predicted octanol–water partition coefficient (Wildman–Crippen LogP) is 4.45. The molecule has 0 heterocycles. The smallest absolute Gasteiger partial charge is 0.137 e. The molecule has 2 fully saturated rings. The van der Waals surface area contributed by atoms with E-state index >= 15 is 0 Å². The summed E-state index contributed by atoms with van der Waals surface area (Å²) in [7, 11) is 0. The van der Waals surface area contributed by atoms with E-state index in [1.165, 1.54) is 31.7 Å². The number of halogens is 2. The van der Waals surface area contributed by atoms with Crippen molar-refractivity contribution in [1.82, 2.24) is 0 Å². The molecule has 4 atom stereocenters. The largest absolute Gasteiger partial charge is 0.388 e. The summed E-state index contributed by atoms with van der Waals surface area (Å²) in [5, 5.41) is 10.3. The molecular formula is C15H18BrFO. The van der Waals surface area contributed by atoms with Crippen LogP contribution in [0, 0.1) is 23.6 Å². The summed E-state index contributed by atoms with van der Waals surface area (Å²) in [6.45, 7) is 0. The summed E-state index contributed by atoms with van der Waals surface area (Å²) in [6.07, 6.45) is 5.76. The first-order valence-electron chi connectivity index (χ1n) is 6.76. The lowest BCUT2D eigenvalue weighted by Crippen LogP contribution is -2.14. The number of fused-ring (bicyclic) bond motifs is 2. The fourth-order valence-electron chi connectivity index (χ4n) is 3.81. The average Bonchev–Trinajstić information content (AvgIpc) is 2.94. The first-order chi connectivity index (χ1) is 8.63. The Labute approximate surface area is 116 Å². The van der Waals surface area contributed by atoms with Crippen LogP contribution in [0.5, 0.6) is 0 Å². The van der Waals surface area contributed by atoms with Gasteiger partial charge in [0.1, 0.15) is 5.82 Å². The highest BCUT2D eigenvalue weighted by Gasteiger charge is 2.40. The minimum atomic E-state index is -0.453. The second-order valence-corrected chi connectivity index (χ2v) is 6.71. The van der Waals surface area contributed by atoms with Crippen LogP contribution >= 0.6 is 15.9 Å². The van der Waals surface area contributed by atoms with Crippen molar-refractivity contribution >= 4 is 15.9 Å². The molecule has 3 heteroatoms. The van der Waals surface area contributed by atoms with Crippen LogP contribution < -0.4 is 0 Å². The predicted molar refractivity (Wildman–Crippen MR) is 72.6 cm³/mol. The van der Waals surface area contributed by atoms with Crippen molar-refractivity contribution in [1.29, 1.82) is 0 Å². The minimum Gasteiger partial charge on any atom is -0.388 e. The zero-order chi connectivity index (χ0) is 12.7. The Hall–Kier alpha value is -0.410. The van der Waals surface area contributed by atoms with Gasteiger partial charge in [-0.3, -0.25) is 0 Å². The molecule has 2 aliphatic rings. The number of rotatable bonds is 3. The van der Waals surface area contributed by atoms with E-state index in [2.05, 4.69) is 15.9 Å². The molecule has 3 rings (SSSR count). The molecule has 0 saturated heterocycles. The van der Waals surface area contributed by atoms with E-state index in [0.717, 1.165) is 23.8 Å². The normalized spacial score (nSPS) is 31.8. The van der Waals surface area contributed by atoms with E-state index in [1.54, 1.807) is 12.1 Å². The van der Waals surface area contributed by atoms with Crippen LogP contribution in [0.2, 0.25) is 0 Å². The standard InChI is InChI=1S/C15H18BrFO/c16-13-7-11(3-4-14(13)17)15(18)8-12-6-9-1-2-10(12)5-9/h3-4,7,9-10,12,15,18H,1-2,5-6,8H2. The highest BCUT2D eigenvalue weighted by atomic mass is 79.9. The number of hydrogen-bond acceptors (Lipinski definition) is 1. The molecule has 1 N–H and O–H groups in total. The van der Waals surface area contributed by atoms with Crippen molar-refractivity contribution in [2.45, 2.75) is 38.2 Å².